The van der Waals surface area contributed by atoms with Crippen molar-refractivity contribution in [2.24, 2.45) is 0 Å². The number of hydrogen-bond donors (Lipinski definition) is 2. The summed E-state index contributed by atoms with van der Waals surface area (Å²) in [6.45, 7) is 8.30. The molecule has 4 rings (SSSR count). The number of H-pyrrole nitrogens is 1. The van der Waals surface area contributed by atoms with Gasteiger partial charge in [-0.15, -0.1) is 11.3 Å². The molecule has 0 spiro atoms. The highest BCUT2D eigenvalue weighted by Crippen LogP contribution is 2.38. The summed E-state index contributed by atoms with van der Waals surface area (Å²) >= 11 is 1.60. The van der Waals surface area contributed by atoms with Gasteiger partial charge in [-0.1, -0.05) is 20.8 Å². The lowest BCUT2D eigenvalue weighted by molar-refractivity contribution is 0.112. The van der Waals surface area contributed by atoms with Crippen molar-refractivity contribution in [2.45, 2.75) is 33.1 Å². The van der Waals surface area contributed by atoms with Crippen LogP contribution >= 0.6 is 11.3 Å². The summed E-state index contributed by atoms with van der Waals surface area (Å²) in [6, 6.07) is 7.85. The van der Waals surface area contributed by atoms with Gasteiger partial charge in [0.1, 0.15) is 5.82 Å². The SMILES string of the molecule is Cc1cc(Nc2nc(-c3cc(F)ccc3C=O)nc3cc(C(C)(C)C)sc23)n[nH]1. The molecule has 0 saturated heterocycles. The van der Waals surface area contributed by atoms with Gasteiger partial charge < -0.3 is 5.32 Å². The van der Waals surface area contributed by atoms with E-state index in [9.17, 15) is 9.18 Å². The number of aromatic nitrogens is 4. The van der Waals surface area contributed by atoms with Crippen LogP contribution in [0.3, 0.4) is 0 Å². The molecule has 2 N–H and O–H groups in total. The molecule has 0 bridgehead atoms. The van der Waals surface area contributed by atoms with Crippen LogP contribution in [0, 0.1) is 12.7 Å². The molecule has 0 atom stereocenters. The van der Waals surface area contributed by atoms with Gasteiger partial charge in [0, 0.05) is 27.8 Å². The van der Waals surface area contributed by atoms with Gasteiger partial charge >= 0.3 is 0 Å². The van der Waals surface area contributed by atoms with Crippen LogP contribution in [-0.2, 0) is 5.41 Å². The predicted molar refractivity (Wildman–Crippen MR) is 114 cm³/mol. The summed E-state index contributed by atoms with van der Waals surface area (Å²) in [4.78, 5) is 21.9. The van der Waals surface area contributed by atoms with Crippen molar-refractivity contribution in [3.63, 3.8) is 0 Å². The van der Waals surface area contributed by atoms with E-state index < -0.39 is 5.82 Å². The summed E-state index contributed by atoms with van der Waals surface area (Å²) in [5.74, 6) is 1.02. The Labute approximate surface area is 171 Å². The topological polar surface area (TPSA) is 83.6 Å². The average Bonchev–Trinajstić information content (AvgIpc) is 3.27. The van der Waals surface area contributed by atoms with Crippen molar-refractivity contribution in [3.05, 3.63) is 52.3 Å². The lowest BCUT2D eigenvalue weighted by atomic mass is 9.95. The first kappa shape index (κ1) is 19.2. The largest absolute Gasteiger partial charge is 0.322 e. The van der Waals surface area contributed by atoms with E-state index in [1.54, 1.807) is 11.3 Å². The van der Waals surface area contributed by atoms with Crippen molar-refractivity contribution in [2.75, 3.05) is 5.32 Å². The Morgan fingerprint density at radius 3 is 2.62 bits per heavy atom. The van der Waals surface area contributed by atoms with E-state index in [2.05, 4.69) is 46.3 Å². The fraction of sp³-hybridized carbons (Fsp3) is 0.238. The van der Waals surface area contributed by atoms with Crippen LogP contribution in [0.4, 0.5) is 16.0 Å². The molecule has 29 heavy (non-hydrogen) atoms. The lowest BCUT2D eigenvalue weighted by Crippen LogP contribution is -2.07. The fourth-order valence-corrected chi connectivity index (χ4v) is 4.03. The van der Waals surface area contributed by atoms with E-state index in [4.69, 9.17) is 0 Å². The molecule has 6 nitrogen and oxygen atoms in total. The number of carbonyl (C=O) groups excluding carboxylic acids is 1. The number of anilines is 2. The Bertz CT molecular complexity index is 1220. The number of carbonyl (C=O) groups is 1. The summed E-state index contributed by atoms with van der Waals surface area (Å²) in [5, 5.41) is 10.3. The first-order valence-corrected chi connectivity index (χ1v) is 9.92. The van der Waals surface area contributed by atoms with Crippen LogP contribution in [0.15, 0.2) is 30.3 Å². The number of halogens is 1. The molecule has 0 radical (unpaired) electrons. The van der Waals surface area contributed by atoms with Gasteiger partial charge in [-0.25, -0.2) is 14.4 Å². The number of rotatable bonds is 4. The van der Waals surface area contributed by atoms with E-state index in [1.165, 1.54) is 18.2 Å². The summed E-state index contributed by atoms with van der Waals surface area (Å²) in [6.07, 6.45) is 0.681. The van der Waals surface area contributed by atoms with E-state index in [-0.39, 0.29) is 11.2 Å². The zero-order chi connectivity index (χ0) is 20.8. The first-order valence-electron chi connectivity index (χ1n) is 9.11. The van der Waals surface area contributed by atoms with Gasteiger partial charge in [0.15, 0.2) is 23.7 Å². The molecule has 0 aliphatic carbocycles. The van der Waals surface area contributed by atoms with Gasteiger partial charge in [0.05, 0.1) is 10.2 Å². The minimum absolute atomic E-state index is 0.0570. The highest BCUT2D eigenvalue weighted by atomic mass is 32.1. The standard InChI is InChI=1S/C21H20FN5OS/c1-11-7-17(27-26-11)24-20-18-15(9-16(29-18)21(2,3)4)23-19(25-20)14-8-13(22)6-5-12(14)10-28/h5-10H,1-4H3,(H2,23,24,25,26,27). The number of aldehydes is 1. The summed E-state index contributed by atoms with van der Waals surface area (Å²) in [5.41, 5.74) is 2.28. The number of fused-ring (bicyclic) bond motifs is 1. The molecule has 0 amide bonds. The molecule has 148 valence electrons. The van der Waals surface area contributed by atoms with E-state index in [1.807, 2.05) is 19.1 Å². The van der Waals surface area contributed by atoms with Crippen molar-refractivity contribution < 1.29 is 9.18 Å². The Kier molecular flexibility index (Phi) is 4.66. The molecule has 3 heterocycles. The number of nitrogens with one attached hydrogen (secondary N) is 2. The normalized spacial score (nSPS) is 11.8. The second-order valence-corrected chi connectivity index (χ2v) is 8.93. The number of aryl methyl sites for hydroxylation is 1. The van der Waals surface area contributed by atoms with Gasteiger partial charge in [0.25, 0.3) is 0 Å². The molecular weight excluding hydrogens is 389 g/mol. The molecule has 0 saturated carbocycles. The van der Waals surface area contributed by atoms with Crippen LogP contribution in [0.2, 0.25) is 0 Å². The molecule has 1 aromatic carbocycles. The molecular formula is C21H20FN5OS. The summed E-state index contributed by atoms with van der Waals surface area (Å²) in [7, 11) is 0. The number of hydrogen-bond acceptors (Lipinski definition) is 6. The maximum absolute atomic E-state index is 13.9. The van der Waals surface area contributed by atoms with Crippen LogP contribution in [0.5, 0.6) is 0 Å². The van der Waals surface area contributed by atoms with Crippen LogP contribution in [0.25, 0.3) is 21.6 Å². The minimum atomic E-state index is -0.451. The average molecular weight is 409 g/mol. The Morgan fingerprint density at radius 2 is 1.97 bits per heavy atom. The Morgan fingerprint density at radius 1 is 1.17 bits per heavy atom. The molecule has 4 aromatic rings. The van der Waals surface area contributed by atoms with Crippen molar-refractivity contribution >= 4 is 39.5 Å². The van der Waals surface area contributed by atoms with Gasteiger partial charge in [-0.3, -0.25) is 9.89 Å². The highest BCUT2D eigenvalue weighted by molar-refractivity contribution is 7.19. The lowest BCUT2D eigenvalue weighted by Gasteiger charge is -2.14. The van der Waals surface area contributed by atoms with Crippen molar-refractivity contribution in [1.29, 1.82) is 0 Å². The molecule has 3 aromatic heterocycles. The van der Waals surface area contributed by atoms with Crippen molar-refractivity contribution in [3.8, 4) is 11.4 Å². The second kappa shape index (κ2) is 7.04. The third-order valence-corrected chi connectivity index (χ3v) is 6.00. The van der Waals surface area contributed by atoms with Crippen LogP contribution < -0.4 is 5.32 Å². The molecule has 0 aliphatic heterocycles. The minimum Gasteiger partial charge on any atom is -0.322 e. The van der Waals surface area contributed by atoms with Gasteiger partial charge in [0.2, 0.25) is 0 Å². The van der Waals surface area contributed by atoms with Crippen LogP contribution in [0.1, 0.15) is 41.7 Å². The predicted octanol–water partition coefficient (Wildman–Crippen LogP) is 5.38. The third kappa shape index (κ3) is 3.75. The molecule has 0 aliphatic rings. The highest BCUT2D eigenvalue weighted by Gasteiger charge is 2.21. The number of aromatic amines is 1. The zero-order valence-corrected chi connectivity index (χ0v) is 17.3. The third-order valence-electron chi connectivity index (χ3n) is 4.45. The van der Waals surface area contributed by atoms with Crippen molar-refractivity contribution in [1.82, 2.24) is 20.2 Å². The van der Waals surface area contributed by atoms with Crippen LogP contribution in [-0.4, -0.2) is 26.5 Å². The maximum Gasteiger partial charge on any atom is 0.163 e. The molecule has 0 unspecified atom stereocenters. The molecule has 8 heteroatoms. The Balaban J connectivity index is 1.94. The van der Waals surface area contributed by atoms with Gasteiger partial charge in [-0.05, 0) is 36.6 Å². The fourth-order valence-electron chi connectivity index (χ4n) is 2.93. The number of benzene rings is 1. The number of thiophene rings is 1. The van der Waals surface area contributed by atoms with Gasteiger partial charge in [-0.2, -0.15) is 5.10 Å². The smallest absolute Gasteiger partial charge is 0.163 e. The van der Waals surface area contributed by atoms with E-state index in [0.29, 0.717) is 29.0 Å². The quantitative estimate of drug-likeness (QED) is 0.442. The Hall–Kier alpha value is -3.13. The monoisotopic (exact) mass is 409 g/mol. The van der Waals surface area contributed by atoms with E-state index in [0.717, 1.165) is 20.8 Å². The molecule has 0 fully saturated rings. The first-order chi connectivity index (χ1) is 13.7. The zero-order valence-electron chi connectivity index (χ0n) is 16.5. The number of nitrogens with zero attached hydrogens (tertiary/aromatic N) is 3. The second-order valence-electron chi connectivity index (χ2n) is 7.88. The van der Waals surface area contributed by atoms with E-state index >= 15 is 0 Å². The summed E-state index contributed by atoms with van der Waals surface area (Å²) < 4.78 is 14.8. The maximum atomic E-state index is 13.9.